The number of fused-ring (bicyclic) bond motifs is 1. The number of rotatable bonds is 8. The topological polar surface area (TPSA) is 87.9 Å². The molecular formula is C21H23N3O5. The van der Waals surface area contributed by atoms with Crippen LogP contribution in [0.4, 0.5) is 0 Å². The van der Waals surface area contributed by atoms with Crippen molar-refractivity contribution in [3.05, 3.63) is 59.7 Å². The third kappa shape index (κ3) is 4.78. The fraction of sp³-hybridized carbons (Fsp3) is 0.333. The standard InChI is InChI=1S/C21H23N3O5/c1-14(15-3-8-18-19(11-15)27-10-9-26-18)22-12-21-23-20(24-29-21)13-28-17-6-4-16(25-2)5-7-17/h3-8,11,14,22H,9-10,12-13H2,1-2H3/t14-/m1/s1. The molecule has 0 unspecified atom stereocenters. The first-order valence-corrected chi connectivity index (χ1v) is 9.42. The molecule has 0 saturated carbocycles. The Hall–Kier alpha value is -3.26. The third-order valence-electron chi connectivity index (χ3n) is 4.56. The van der Waals surface area contributed by atoms with Gasteiger partial charge in [0, 0.05) is 6.04 Å². The molecule has 1 aliphatic rings. The van der Waals surface area contributed by atoms with E-state index in [1.807, 2.05) is 42.5 Å². The maximum Gasteiger partial charge on any atom is 0.240 e. The largest absolute Gasteiger partial charge is 0.497 e. The van der Waals surface area contributed by atoms with Crippen LogP contribution in [-0.4, -0.2) is 30.5 Å². The summed E-state index contributed by atoms with van der Waals surface area (Å²) in [5.41, 5.74) is 1.09. The van der Waals surface area contributed by atoms with E-state index in [1.54, 1.807) is 7.11 Å². The van der Waals surface area contributed by atoms with Crippen molar-refractivity contribution >= 4 is 0 Å². The lowest BCUT2D eigenvalue weighted by atomic mass is 10.1. The van der Waals surface area contributed by atoms with Gasteiger partial charge in [-0.05, 0) is 48.9 Å². The quantitative estimate of drug-likeness (QED) is 0.620. The van der Waals surface area contributed by atoms with E-state index in [4.69, 9.17) is 23.5 Å². The highest BCUT2D eigenvalue weighted by atomic mass is 16.6. The van der Waals surface area contributed by atoms with Gasteiger partial charge in [-0.15, -0.1) is 0 Å². The van der Waals surface area contributed by atoms with E-state index in [9.17, 15) is 0 Å². The fourth-order valence-corrected chi connectivity index (χ4v) is 2.93. The van der Waals surface area contributed by atoms with Gasteiger partial charge in [-0.1, -0.05) is 11.2 Å². The Morgan fingerprint density at radius 1 is 1.03 bits per heavy atom. The van der Waals surface area contributed by atoms with Crippen LogP contribution in [0, 0.1) is 0 Å². The van der Waals surface area contributed by atoms with E-state index in [-0.39, 0.29) is 12.6 Å². The van der Waals surface area contributed by atoms with Crippen LogP contribution in [0.1, 0.15) is 30.2 Å². The Bertz CT molecular complexity index is 942. The van der Waals surface area contributed by atoms with E-state index in [0.29, 0.717) is 37.2 Å². The van der Waals surface area contributed by atoms with Crippen LogP contribution in [-0.2, 0) is 13.2 Å². The Balaban J connectivity index is 1.28. The third-order valence-corrected chi connectivity index (χ3v) is 4.56. The number of nitrogens with one attached hydrogen (secondary N) is 1. The molecule has 2 aromatic carbocycles. The lowest BCUT2D eigenvalue weighted by molar-refractivity contribution is 0.171. The molecule has 2 heterocycles. The van der Waals surface area contributed by atoms with Gasteiger partial charge in [0.2, 0.25) is 11.7 Å². The number of benzene rings is 2. The summed E-state index contributed by atoms with van der Waals surface area (Å²) < 4.78 is 27.3. The SMILES string of the molecule is COc1ccc(OCc2noc(CN[C@H](C)c3ccc4c(c3)OCCO4)n2)cc1. The summed E-state index contributed by atoms with van der Waals surface area (Å²) in [7, 11) is 1.62. The molecule has 3 aromatic rings. The number of hydrogen-bond donors (Lipinski definition) is 1. The van der Waals surface area contributed by atoms with Gasteiger partial charge in [0.15, 0.2) is 18.1 Å². The second-order valence-corrected chi connectivity index (χ2v) is 6.57. The number of nitrogens with zero attached hydrogens (tertiary/aromatic N) is 2. The zero-order valence-corrected chi connectivity index (χ0v) is 16.4. The van der Waals surface area contributed by atoms with Gasteiger partial charge in [0.05, 0.1) is 13.7 Å². The minimum Gasteiger partial charge on any atom is -0.497 e. The number of hydrogen-bond acceptors (Lipinski definition) is 8. The summed E-state index contributed by atoms with van der Waals surface area (Å²) in [6.45, 7) is 3.90. The average Bonchev–Trinajstić information content (AvgIpc) is 3.24. The van der Waals surface area contributed by atoms with E-state index < -0.39 is 0 Å². The summed E-state index contributed by atoms with van der Waals surface area (Å²) in [5, 5.41) is 7.34. The van der Waals surface area contributed by atoms with Crippen molar-refractivity contribution in [1.29, 1.82) is 0 Å². The molecule has 1 atom stereocenters. The smallest absolute Gasteiger partial charge is 0.240 e. The highest BCUT2D eigenvalue weighted by molar-refractivity contribution is 5.44. The highest BCUT2D eigenvalue weighted by Crippen LogP contribution is 2.32. The van der Waals surface area contributed by atoms with Gasteiger partial charge < -0.3 is 28.8 Å². The summed E-state index contributed by atoms with van der Waals surface area (Å²) in [6.07, 6.45) is 0. The molecule has 8 nitrogen and oxygen atoms in total. The predicted octanol–water partition coefficient (Wildman–Crippen LogP) is 3.28. The van der Waals surface area contributed by atoms with E-state index >= 15 is 0 Å². The molecule has 0 spiro atoms. The van der Waals surface area contributed by atoms with Gasteiger partial charge in [-0.2, -0.15) is 4.98 Å². The van der Waals surface area contributed by atoms with E-state index in [1.165, 1.54) is 0 Å². The van der Waals surface area contributed by atoms with Crippen molar-refractivity contribution in [1.82, 2.24) is 15.5 Å². The monoisotopic (exact) mass is 397 g/mol. The molecule has 0 amide bonds. The molecule has 0 aliphatic carbocycles. The zero-order valence-electron chi connectivity index (χ0n) is 16.4. The van der Waals surface area contributed by atoms with Crippen LogP contribution in [0.5, 0.6) is 23.0 Å². The van der Waals surface area contributed by atoms with Gasteiger partial charge >= 0.3 is 0 Å². The van der Waals surface area contributed by atoms with E-state index in [0.717, 1.165) is 22.8 Å². The molecule has 152 valence electrons. The van der Waals surface area contributed by atoms with Crippen molar-refractivity contribution < 1.29 is 23.5 Å². The first-order chi connectivity index (χ1) is 14.2. The Kier molecular flexibility index (Phi) is 5.81. The van der Waals surface area contributed by atoms with Gasteiger partial charge in [-0.3, -0.25) is 0 Å². The van der Waals surface area contributed by atoms with Crippen LogP contribution in [0.2, 0.25) is 0 Å². The van der Waals surface area contributed by atoms with Gasteiger partial charge in [-0.25, -0.2) is 0 Å². The number of aromatic nitrogens is 2. The molecule has 29 heavy (non-hydrogen) atoms. The van der Waals surface area contributed by atoms with Crippen LogP contribution < -0.4 is 24.3 Å². The normalized spacial score (nSPS) is 13.7. The van der Waals surface area contributed by atoms with Gasteiger partial charge in [0.1, 0.15) is 24.7 Å². The highest BCUT2D eigenvalue weighted by Gasteiger charge is 2.15. The van der Waals surface area contributed by atoms with Crippen LogP contribution in [0.25, 0.3) is 0 Å². The van der Waals surface area contributed by atoms with Gasteiger partial charge in [0.25, 0.3) is 0 Å². The summed E-state index contributed by atoms with van der Waals surface area (Å²) in [6, 6.07) is 13.4. The Morgan fingerprint density at radius 2 is 1.79 bits per heavy atom. The van der Waals surface area contributed by atoms with Crippen molar-refractivity contribution in [2.24, 2.45) is 0 Å². The Morgan fingerprint density at radius 3 is 2.59 bits per heavy atom. The molecule has 0 fully saturated rings. The van der Waals surface area contributed by atoms with E-state index in [2.05, 4.69) is 22.4 Å². The molecule has 8 heteroatoms. The Labute approximate surface area is 168 Å². The molecular weight excluding hydrogens is 374 g/mol. The van der Waals surface area contributed by atoms with Crippen LogP contribution >= 0.6 is 0 Å². The lowest BCUT2D eigenvalue weighted by Crippen LogP contribution is -2.19. The number of ether oxygens (including phenoxy) is 4. The summed E-state index contributed by atoms with van der Waals surface area (Å²) in [4.78, 5) is 4.36. The maximum atomic E-state index is 5.67. The first-order valence-electron chi connectivity index (χ1n) is 9.42. The van der Waals surface area contributed by atoms with Crippen molar-refractivity contribution in [3.63, 3.8) is 0 Å². The molecule has 1 N–H and O–H groups in total. The minimum atomic E-state index is 0.0803. The molecule has 4 rings (SSSR count). The molecule has 1 aliphatic heterocycles. The second kappa shape index (κ2) is 8.83. The zero-order chi connectivity index (χ0) is 20.1. The predicted molar refractivity (Wildman–Crippen MR) is 104 cm³/mol. The van der Waals surface area contributed by atoms with Crippen LogP contribution in [0.3, 0.4) is 0 Å². The van der Waals surface area contributed by atoms with Crippen molar-refractivity contribution in [2.45, 2.75) is 26.1 Å². The molecule has 0 saturated heterocycles. The lowest BCUT2D eigenvalue weighted by Gasteiger charge is -2.20. The summed E-state index contributed by atoms with van der Waals surface area (Å²) in [5.74, 6) is 4.04. The second-order valence-electron chi connectivity index (χ2n) is 6.57. The van der Waals surface area contributed by atoms with Crippen molar-refractivity contribution in [2.75, 3.05) is 20.3 Å². The summed E-state index contributed by atoms with van der Waals surface area (Å²) >= 11 is 0. The van der Waals surface area contributed by atoms with Crippen molar-refractivity contribution in [3.8, 4) is 23.0 Å². The maximum absolute atomic E-state index is 5.67. The molecule has 0 radical (unpaired) electrons. The molecule has 0 bridgehead atoms. The fourth-order valence-electron chi connectivity index (χ4n) is 2.93. The molecule has 1 aromatic heterocycles. The first kappa shape index (κ1) is 19.1. The minimum absolute atomic E-state index is 0.0803. The average molecular weight is 397 g/mol. The van der Waals surface area contributed by atoms with Crippen LogP contribution in [0.15, 0.2) is 47.0 Å². The number of methoxy groups -OCH3 is 1.